The highest BCUT2D eigenvalue weighted by Gasteiger charge is 2.27. The molecule has 2 aromatic carbocycles. The van der Waals surface area contributed by atoms with Gasteiger partial charge in [-0.15, -0.1) is 5.11 Å². The van der Waals surface area contributed by atoms with E-state index in [2.05, 4.69) is 26.2 Å². The zero-order chi connectivity index (χ0) is 26.5. The molecule has 2 atom stereocenters. The first kappa shape index (κ1) is 28.9. The second-order valence-corrected chi connectivity index (χ2v) is 8.44. The van der Waals surface area contributed by atoms with E-state index in [9.17, 15) is 14.4 Å². The smallest absolute Gasteiger partial charge is 0.360 e. The first-order valence-electron chi connectivity index (χ1n) is 11.3. The lowest BCUT2D eigenvalue weighted by molar-refractivity contribution is -0.145. The molecule has 194 valence electrons. The Balaban J connectivity index is 2.12. The van der Waals surface area contributed by atoms with Gasteiger partial charge in [0, 0.05) is 11.4 Å². The summed E-state index contributed by atoms with van der Waals surface area (Å²) in [7, 11) is 1.23. The van der Waals surface area contributed by atoms with Crippen molar-refractivity contribution in [3.05, 3.63) is 64.7 Å². The maximum Gasteiger partial charge on any atom is 0.360 e. The largest absolute Gasteiger partial charge is 0.467 e. The van der Waals surface area contributed by atoms with Crippen LogP contribution in [0.5, 0.6) is 0 Å². The van der Waals surface area contributed by atoms with E-state index in [4.69, 9.17) is 27.8 Å². The van der Waals surface area contributed by atoms with Gasteiger partial charge < -0.3 is 26.8 Å². The maximum absolute atomic E-state index is 13.1. The van der Waals surface area contributed by atoms with Crippen molar-refractivity contribution >= 4 is 35.2 Å². The van der Waals surface area contributed by atoms with E-state index >= 15 is 0 Å². The van der Waals surface area contributed by atoms with Gasteiger partial charge >= 0.3 is 12.0 Å². The number of methoxy groups -OCH3 is 1. The molecule has 0 aliphatic carbocycles. The van der Waals surface area contributed by atoms with Crippen molar-refractivity contribution in [2.24, 2.45) is 21.7 Å². The molecule has 3 amide bonds. The SMILES string of the molecule is COC(=O)C(CCCNC(N)N)NC(=O)C(Cc1ccccc1)NC(=O)/N=N/c1ccc(C)c(Cl)c1. The minimum Gasteiger partial charge on any atom is -0.467 e. The number of nitrogens with zero attached hydrogens (tertiary/aromatic N) is 2. The van der Waals surface area contributed by atoms with E-state index in [1.807, 2.05) is 37.3 Å². The van der Waals surface area contributed by atoms with Crippen LogP contribution in [0.2, 0.25) is 5.02 Å². The molecule has 7 N–H and O–H groups in total. The molecular weight excluding hydrogens is 486 g/mol. The highest BCUT2D eigenvalue weighted by molar-refractivity contribution is 6.31. The van der Waals surface area contributed by atoms with Gasteiger partial charge in [0.1, 0.15) is 18.4 Å². The fourth-order valence-corrected chi connectivity index (χ4v) is 3.40. The molecule has 0 saturated carbocycles. The molecule has 2 rings (SSSR count). The van der Waals surface area contributed by atoms with Gasteiger partial charge in [-0.25, -0.2) is 9.59 Å². The number of rotatable bonds is 12. The Morgan fingerprint density at radius 2 is 1.78 bits per heavy atom. The summed E-state index contributed by atoms with van der Waals surface area (Å²) in [6.07, 6.45) is 0.250. The lowest BCUT2D eigenvalue weighted by Crippen LogP contribution is -2.52. The maximum atomic E-state index is 13.1. The van der Waals surface area contributed by atoms with E-state index in [1.54, 1.807) is 18.2 Å². The van der Waals surface area contributed by atoms with E-state index in [1.165, 1.54) is 7.11 Å². The number of nitrogens with one attached hydrogen (secondary N) is 3. The molecule has 0 fully saturated rings. The normalized spacial score (nSPS) is 12.8. The molecule has 2 aromatic rings. The zero-order valence-corrected chi connectivity index (χ0v) is 21.0. The third-order valence-corrected chi connectivity index (χ3v) is 5.57. The summed E-state index contributed by atoms with van der Waals surface area (Å²) >= 11 is 6.08. The summed E-state index contributed by atoms with van der Waals surface area (Å²) in [6.45, 7) is 2.28. The number of azo groups is 1. The third kappa shape index (κ3) is 10.1. The Bertz CT molecular complexity index is 1050. The lowest BCUT2D eigenvalue weighted by Gasteiger charge is -2.22. The number of nitrogens with two attached hydrogens (primary N) is 2. The molecule has 0 aliphatic rings. The summed E-state index contributed by atoms with van der Waals surface area (Å²) in [4.78, 5) is 37.9. The van der Waals surface area contributed by atoms with Gasteiger partial charge in [0.15, 0.2) is 0 Å². The van der Waals surface area contributed by atoms with E-state index in [0.29, 0.717) is 23.7 Å². The summed E-state index contributed by atoms with van der Waals surface area (Å²) in [5.41, 5.74) is 13.0. The summed E-state index contributed by atoms with van der Waals surface area (Å²) in [6, 6.07) is 11.3. The Labute approximate surface area is 215 Å². The molecule has 36 heavy (non-hydrogen) atoms. The number of ether oxygens (including phenoxy) is 1. The molecule has 12 heteroatoms. The van der Waals surface area contributed by atoms with E-state index in [0.717, 1.165) is 11.1 Å². The van der Waals surface area contributed by atoms with Crippen LogP contribution >= 0.6 is 11.6 Å². The number of benzene rings is 2. The molecule has 0 aliphatic heterocycles. The average molecular weight is 518 g/mol. The number of carbonyl (C=O) groups is 3. The second-order valence-electron chi connectivity index (χ2n) is 8.03. The molecular formula is C24H32ClN7O4. The molecule has 0 heterocycles. The Kier molecular flexibility index (Phi) is 11.9. The van der Waals surface area contributed by atoms with Crippen molar-refractivity contribution < 1.29 is 19.1 Å². The Hall–Kier alpha value is -3.38. The van der Waals surface area contributed by atoms with Crippen molar-refractivity contribution in [2.45, 2.75) is 44.6 Å². The minimum absolute atomic E-state index is 0.168. The van der Waals surface area contributed by atoms with Crippen molar-refractivity contribution in [3.63, 3.8) is 0 Å². The first-order chi connectivity index (χ1) is 17.2. The highest BCUT2D eigenvalue weighted by Crippen LogP contribution is 2.22. The molecule has 11 nitrogen and oxygen atoms in total. The van der Waals surface area contributed by atoms with Crippen molar-refractivity contribution in [3.8, 4) is 0 Å². The molecule has 0 bridgehead atoms. The zero-order valence-electron chi connectivity index (χ0n) is 20.2. The second kappa shape index (κ2) is 14.9. The standard InChI is InChI=1S/C24H32ClN7O4/c1-15-10-11-17(14-18(15)25)31-32-24(35)30-20(13-16-7-4-3-5-8-16)21(33)29-19(22(34)36-2)9-6-12-28-23(26)27/h3-5,7-8,10-11,14,19-20,23,28H,6,9,12-13,26-27H2,1-2H3,(H,29,33)(H,30,35)/b32-31+. The van der Waals surface area contributed by atoms with Gasteiger partial charge in [-0.1, -0.05) is 53.1 Å². The number of halogens is 1. The third-order valence-electron chi connectivity index (χ3n) is 5.16. The predicted octanol–water partition coefficient (Wildman–Crippen LogP) is 2.28. The van der Waals surface area contributed by atoms with Gasteiger partial charge in [-0.2, -0.15) is 0 Å². The Morgan fingerprint density at radius 1 is 1.06 bits per heavy atom. The predicted molar refractivity (Wildman–Crippen MR) is 137 cm³/mol. The van der Waals surface area contributed by atoms with Crippen LogP contribution in [0.15, 0.2) is 58.8 Å². The van der Waals surface area contributed by atoms with Crippen LogP contribution in [0, 0.1) is 6.92 Å². The lowest BCUT2D eigenvalue weighted by atomic mass is 10.0. The number of hydrogen-bond donors (Lipinski definition) is 5. The quantitative estimate of drug-likeness (QED) is 0.124. The van der Waals surface area contributed by atoms with Crippen molar-refractivity contribution in [1.82, 2.24) is 16.0 Å². The summed E-state index contributed by atoms with van der Waals surface area (Å²) < 4.78 is 4.82. The van der Waals surface area contributed by atoms with Gasteiger partial charge in [0.05, 0.1) is 12.8 Å². The number of amides is 3. The molecule has 0 saturated heterocycles. The topological polar surface area (TPSA) is 173 Å². The van der Waals surface area contributed by atoms with Crippen LogP contribution in [-0.4, -0.2) is 49.9 Å². The number of hydrogen-bond acceptors (Lipinski definition) is 8. The molecule has 2 unspecified atom stereocenters. The van der Waals surface area contributed by atoms with Gasteiger partial charge in [0.25, 0.3) is 0 Å². The summed E-state index contributed by atoms with van der Waals surface area (Å²) in [5, 5.41) is 16.1. The Morgan fingerprint density at radius 3 is 2.42 bits per heavy atom. The first-order valence-corrected chi connectivity index (χ1v) is 11.7. The van der Waals surface area contributed by atoms with E-state index < -0.39 is 36.3 Å². The minimum atomic E-state index is -1.02. The van der Waals surface area contributed by atoms with Crippen LogP contribution in [0.3, 0.4) is 0 Å². The van der Waals surface area contributed by atoms with Crippen LogP contribution < -0.4 is 27.4 Å². The monoisotopic (exact) mass is 517 g/mol. The average Bonchev–Trinajstić information content (AvgIpc) is 2.86. The molecule has 0 radical (unpaired) electrons. The number of aryl methyl sites for hydroxylation is 1. The van der Waals surface area contributed by atoms with Crippen LogP contribution in [0.1, 0.15) is 24.0 Å². The van der Waals surface area contributed by atoms with Crippen LogP contribution in [-0.2, 0) is 20.7 Å². The fourth-order valence-electron chi connectivity index (χ4n) is 3.22. The van der Waals surface area contributed by atoms with Crippen molar-refractivity contribution in [1.29, 1.82) is 0 Å². The van der Waals surface area contributed by atoms with Gasteiger partial charge in [0.2, 0.25) is 5.91 Å². The van der Waals surface area contributed by atoms with Crippen molar-refractivity contribution in [2.75, 3.05) is 13.7 Å². The summed E-state index contributed by atoms with van der Waals surface area (Å²) in [5.74, 6) is -1.18. The number of carbonyl (C=O) groups excluding carboxylic acids is 3. The highest BCUT2D eigenvalue weighted by atomic mass is 35.5. The van der Waals surface area contributed by atoms with Gasteiger partial charge in [-0.3, -0.25) is 10.1 Å². The molecule has 0 aromatic heterocycles. The van der Waals surface area contributed by atoms with E-state index in [-0.39, 0.29) is 12.8 Å². The number of esters is 1. The van der Waals surface area contributed by atoms with Gasteiger partial charge in [-0.05, 0) is 49.6 Å². The van der Waals surface area contributed by atoms with Crippen LogP contribution in [0.4, 0.5) is 10.5 Å². The number of urea groups is 1. The van der Waals surface area contributed by atoms with Crippen LogP contribution in [0.25, 0.3) is 0 Å². The fraction of sp³-hybridized carbons (Fsp3) is 0.375. The molecule has 0 spiro atoms.